The van der Waals surface area contributed by atoms with Gasteiger partial charge in [0.2, 0.25) is 11.8 Å². The fourth-order valence-electron chi connectivity index (χ4n) is 6.42. The van der Waals surface area contributed by atoms with Crippen LogP contribution in [0, 0.1) is 11.8 Å². The van der Waals surface area contributed by atoms with Crippen molar-refractivity contribution in [3.8, 4) is 5.88 Å². The van der Waals surface area contributed by atoms with E-state index in [1.165, 1.54) is 0 Å². The summed E-state index contributed by atoms with van der Waals surface area (Å²) in [5, 5.41) is 23.9. The predicted octanol–water partition coefficient (Wildman–Crippen LogP) is 2.39. The molecule has 6 nitrogen and oxygen atoms in total. The third-order valence-corrected chi connectivity index (χ3v) is 7.17. The summed E-state index contributed by atoms with van der Waals surface area (Å²) in [6.07, 6.45) is 8.70. The molecule has 4 aliphatic carbocycles. The molecule has 2 aromatic rings. The summed E-state index contributed by atoms with van der Waals surface area (Å²) in [5.74, 6) is 1.64. The van der Waals surface area contributed by atoms with Gasteiger partial charge in [0.25, 0.3) is 0 Å². The van der Waals surface area contributed by atoms with E-state index >= 15 is 4.39 Å². The lowest BCUT2D eigenvalue weighted by Gasteiger charge is -2.59. The minimum atomic E-state index is -1.03. The van der Waals surface area contributed by atoms with E-state index in [-0.39, 0.29) is 11.4 Å². The number of hydrogen-bond acceptors (Lipinski definition) is 5. The van der Waals surface area contributed by atoms with Gasteiger partial charge in [-0.2, -0.15) is 10.2 Å². The predicted molar refractivity (Wildman–Crippen MR) is 108 cm³/mol. The number of anilines is 1. The van der Waals surface area contributed by atoms with E-state index in [1.54, 1.807) is 17.8 Å². The molecule has 2 heterocycles. The summed E-state index contributed by atoms with van der Waals surface area (Å²) in [5.41, 5.74) is 0.180. The molecule has 150 valence electrons. The summed E-state index contributed by atoms with van der Waals surface area (Å²) < 4.78 is 16.9. The number of nitrogens with zero attached hydrogens (tertiary/aromatic N) is 4. The van der Waals surface area contributed by atoms with Gasteiger partial charge in [-0.1, -0.05) is 6.07 Å². The number of benzene rings is 1. The fourth-order valence-corrected chi connectivity index (χ4v) is 6.42. The monoisotopic (exact) mass is 393 g/mol. The van der Waals surface area contributed by atoms with Crippen LogP contribution in [0.25, 0.3) is 6.08 Å². The highest BCUT2D eigenvalue weighted by Crippen LogP contribution is 2.59. The Balaban J connectivity index is 1.34. The molecule has 2 N–H and O–H groups in total. The molecule has 2 unspecified atom stereocenters. The summed E-state index contributed by atoms with van der Waals surface area (Å²) in [4.78, 5) is 4.66. The van der Waals surface area contributed by atoms with Crippen LogP contribution in [0.1, 0.15) is 49.8 Å². The largest absolute Gasteiger partial charge is 0.493 e. The maximum absolute atomic E-state index is 15.3. The van der Waals surface area contributed by atoms with Gasteiger partial charge in [0.15, 0.2) is 0 Å². The van der Waals surface area contributed by atoms with Gasteiger partial charge in [-0.3, -0.25) is 4.57 Å². The van der Waals surface area contributed by atoms with Crippen molar-refractivity contribution in [3.05, 3.63) is 40.0 Å². The first-order valence-corrected chi connectivity index (χ1v) is 10.4. The zero-order valence-corrected chi connectivity index (χ0v) is 16.4. The minimum Gasteiger partial charge on any atom is -0.493 e. The van der Waals surface area contributed by atoms with Crippen LogP contribution in [0.15, 0.2) is 28.4 Å². The van der Waals surface area contributed by atoms with Gasteiger partial charge in [-0.05, 0) is 67.4 Å². The lowest BCUT2D eigenvalue weighted by atomic mass is 9.52. The molecule has 0 amide bonds. The SMILES string of the molecule is Cn1c(NC23CC4CC(CC(F)(C4)C2)C3)nc(C=c2ccc3c(c2)C=NN=3)c1O. The smallest absolute Gasteiger partial charge is 0.220 e. The normalized spacial score (nSPS) is 34.5. The molecule has 0 spiro atoms. The van der Waals surface area contributed by atoms with E-state index < -0.39 is 5.67 Å². The van der Waals surface area contributed by atoms with Gasteiger partial charge in [-0.15, -0.1) is 0 Å². The van der Waals surface area contributed by atoms with Crippen LogP contribution in [0.5, 0.6) is 5.88 Å². The van der Waals surface area contributed by atoms with Crippen LogP contribution < -0.4 is 15.9 Å². The third kappa shape index (κ3) is 2.70. The van der Waals surface area contributed by atoms with E-state index in [2.05, 4.69) is 20.5 Å². The Morgan fingerprint density at radius 2 is 2.03 bits per heavy atom. The Hall–Kier alpha value is -2.70. The zero-order chi connectivity index (χ0) is 19.8. The van der Waals surface area contributed by atoms with Crippen LogP contribution >= 0.6 is 0 Å². The Morgan fingerprint density at radius 3 is 2.79 bits per heavy atom. The molecular weight excluding hydrogens is 369 g/mol. The second kappa shape index (κ2) is 5.68. The Bertz CT molecular complexity index is 1150. The van der Waals surface area contributed by atoms with Gasteiger partial charge in [0.05, 0.1) is 11.6 Å². The highest BCUT2D eigenvalue weighted by molar-refractivity contribution is 5.80. The first kappa shape index (κ1) is 17.2. The average Bonchev–Trinajstić information content (AvgIpc) is 3.20. The van der Waals surface area contributed by atoms with Crippen molar-refractivity contribution in [2.75, 3.05) is 5.32 Å². The lowest BCUT2D eigenvalue weighted by Crippen LogP contribution is -2.60. The van der Waals surface area contributed by atoms with Crippen molar-refractivity contribution >= 4 is 18.2 Å². The molecule has 0 saturated heterocycles. The number of rotatable bonds is 3. The highest BCUT2D eigenvalue weighted by atomic mass is 19.1. The molecule has 2 atom stereocenters. The minimum absolute atomic E-state index is 0.103. The molecule has 1 aromatic heterocycles. The van der Waals surface area contributed by atoms with Crippen molar-refractivity contribution in [1.29, 1.82) is 0 Å². The second-order valence-corrected chi connectivity index (χ2v) is 9.53. The molecule has 7 heteroatoms. The molecule has 4 bridgehead atoms. The molecule has 1 aromatic carbocycles. The topological polar surface area (TPSA) is 74.8 Å². The fraction of sp³-hybridized carbons (Fsp3) is 0.500. The number of imidazole rings is 1. The number of hydrogen-bond donors (Lipinski definition) is 2. The summed E-state index contributed by atoms with van der Waals surface area (Å²) in [7, 11) is 1.79. The Labute approximate surface area is 167 Å². The molecule has 0 radical (unpaired) electrons. The number of nitrogens with one attached hydrogen (secondary N) is 1. The van der Waals surface area contributed by atoms with Crippen molar-refractivity contribution in [2.24, 2.45) is 29.1 Å². The van der Waals surface area contributed by atoms with E-state index in [0.29, 0.717) is 42.7 Å². The summed E-state index contributed by atoms with van der Waals surface area (Å²) >= 11 is 0. The number of alkyl halides is 1. The number of aromatic hydroxyl groups is 1. The molecule has 4 saturated carbocycles. The van der Waals surface area contributed by atoms with Gasteiger partial charge in [0, 0.05) is 24.6 Å². The highest BCUT2D eigenvalue weighted by Gasteiger charge is 2.58. The third-order valence-electron chi connectivity index (χ3n) is 7.17. The molecule has 1 aliphatic heterocycles. The van der Waals surface area contributed by atoms with Crippen LogP contribution in [0.3, 0.4) is 0 Å². The van der Waals surface area contributed by atoms with E-state index in [4.69, 9.17) is 0 Å². The van der Waals surface area contributed by atoms with Gasteiger partial charge in [0.1, 0.15) is 11.4 Å². The molecule has 4 fully saturated rings. The van der Waals surface area contributed by atoms with Crippen molar-refractivity contribution in [3.63, 3.8) is 0 Å². The number of aromatic nitrogens is 2. The molecule has 5 aliphatic rings. The number of halogens is 1. The molecular formula is C22H24FN5O. The van der Waals surface area contributed by atoms with E-state index in [9.17, 15) is 5.11 Å². The van der Waals surface area contributed by atoms with Gasteiger partial charge in [-0.25, -0.2) is 9.37 Å². The summed E-state index contributed by atoms with van der Waals surface area (Å²) in [6.45, 7) is 0. The lowest BCUT2D eigenvalue weighted by molar-refractivity contribution is -0.0781. The first-order valence-electron chi connectivity index (χ1n) is 10.4. The molecule has 7 rings (SSSR count). The van der Waals surface area contributed by atoms with Crippen LogP contribution in [0.2, 0.25) is 0 Å². The number of fused-ring (bicyclic) bond motifs is 1. The Kier molecular flexibility index (Phi) is 3.36. The van der Waals surface area contributed by atoms with E-state index in [0.717, 1.165) is 35.4 Å². The van der Waals surface area contributed by atoms with Crippen LogP contribution in [0.4, 0.5) is 10.3 Å². The van der Waals surface area contributed by atoms with Crippen LogP contribution in [-0.4, -0.2) is 32.1 Å². The van der Waals surface area contributed by atoms with Crippen LogP contribution in [-0.2, 0) is 7.05 Å². The van der Waals surface area contributed by atoms with Gasteiger partial charge < -0.3 is 10.4 Å². The maximum Gasteiger partial charge on any atom is 0.220 e. The van der Waals surface area contributed by atoms with Gasteiger partial charge >= 0.3 is 0 Å². The maximum atomic E-state index is 15.3. The molecule has 29 heavy (non-hydrogen) atoms. The zero-order valence-electron chi connectivity index (χ0n) is 16.4. The summed E-state index contributed by atoms with van der Waals surface area (Å²) in [6, 6.07) is 5.82. The Morgan fingerprint density at radius 1 is 1.24 bits per heavy atom. The van der Waals surface area contributed by atoms with Crippen molar-refractivity contribution in [2.45, 2.75) is 49.7 Å². The average molecular weight is 393 g/mol. The van der Waals surface area contributed by atoms with E-state index in [1.807, 2.05) is 24.3 Å². The standard InChI is InChI=1S/C22H24FN5O/c1-28-19(29)18(6-13-2-3-17-16(5-13)11-24-27-17)25-20(28)26-22-9-14-4-15(10-22)8-21(23,7-14)12-22/h2-3,5-6,11,14-15,29H,4,7-10,12H2,1H3,(H,25,26). The van der Waals surface area contributed by atoms with Crippen molar-refractivity contribution < 1.29 is 9.50 Å². The second-order valence-electron chi connectivity index (χ2n) is 9.53. The first-order chi connectivity index (χ1) is 13.9. The quantitative estimate of drug-likeness (QED) is 0.841. The van der Waals surface area contributed by atoms with Crippen molar-refractivity contribution in [1.82, 2.24) is 9.55 Å².